The van der Waals surface area contributed by atoms with E-state index in [4.69, 9.17) is 14.6 Å². The maximum absolute atomic E-state index is 11.9. The number of benzene rings is 1. The van der Waals surface area contributed by atoms with Crippen molar-refractivity contribution < 1.29 is 24.2 Å². The van der Waals surface area contributed by atoms with Crippen LogP contribution < -0.4 is 10.1 Å². The molecule has 0 bridgehead atoms. The van der Waals surface area contributed by atoms with E-state index in [0.29, 0.717) is 5.75 Å². The average molecular weight is 295 g/mol. The largest absolute Gasteiger partial charge is 0.483 e. The van der Waals surface area contributed by atoms with Gasteiger partial charge in [0, 0.05) is 7.11 Å². The summed E-state index contributed by atoms with van der Waals surface area (Å²) in [4.78, 5) is 23.0. The van der Waals surface area contributed by atoms with E-state index < -0.39 is 17.4 Å². The van der Waals surface area contributed by atoms with Crippen molar-refractivity contribution in [1.29, 1.82) is 0 Å². The number of ether oxygens (including phenoxy) is 2. The lowest BCUT2D eigenvalue weighted by molar-refractivity contribution is -0.149. The van der Waals surface area contributed by atoms with Crippen LogP contribution in [0.1, 0.15) is 18.1 Å². The third-order valence-corrected chi connectivity index (χ3v) is 3.02. The predicted octanol–water partition coefficient (Wildman–Crippen LogP) is 1.29. The van der Waals surface area contributed by atoms with Gasteiger partial charge in [-0.05, 0) is 38.0 Å². The van der Waals surface area contributed by atoms with E-state index in [0.717, 1.165) is 11.1 Å². The van der Waals surface area contributed by atoms with Crippen LogP contribution in [-0.4, -0.2) is 42.8 Å². The van der Waals surface area contributed by atoms with E-state index in [9.17, 15) is 9.59 Å². The first-order chi connectivity index (χ1) is 9.78. The summed E-state index contributed by atoms with van der Waals surface area (Å²) in [5.41, 5.74) is 0.452. The summed E-state index contributed by atoms with van der Waals surface area (Å²) in [6, 6.07) is 5.67. The van der Waals surface area contributed by atoms with Crippen LogP contribution in [-0.2, 0) is 14.3 Å². The van der Waals surface area contributed by atoms with Gasteiger partial charge in [0.05, 0.1) is 6.61 Å². The zero-order valence-corrected chi connectivity index (χ0v) is 12.7. The number of amides is 1. The smallest absolute Gasteiger partial charge is 0.331 e. The van der Waals surface area contributed by atoms with Crippen molar-refractivity contribution in [1.82, 2.24) is 5.32 Å². The summed E-state index contributed by atoms with van der Waals surface area (Å²) in [5.74, 6) is -1.07. The van der Waals surface area contributed by atoms with Crippen LogP contribution in [0.3, 0.4) is 0 Å². The monoisotopic (exact) mass is 295 g/mol. The number of carboxylic acid groups (broad SMARTS) is 1. The van der Waals surface area contributed by atoms with Crippen molar-refractivity contribution in [3.63, 3.8) is 0 Å². The lowest BCUT2D eigenvalue weighted by Gasteiger charge is -2.25. The van der Waals surface area contributed by atoms with E-state index in [2.05, 4.69) is 5.32 Å². The van der Waals surface area contributed by atoms with Crippen LogP contribution in [0.2, 0.25) is 0 Å². The number of carboxylic acids is 1. The minimum Gasteiger partial charge on any atom is -0.483 e. The molecule has 116 valence electrons. The Morgan fingerprint density at radius 1 is 1.33 bits per heavy atom. The number of methoxy groups -OCH3 is 1. The Balaban J connectivity index is 2.65. The Kier molecular flexibility index (Phi) is 5.72. The average Bonchev–Trinajstić information content (AvgIpc) is 2.40. The molecule has 0 radical (unpaired) electrons. The summed E-state index contributed by atoms with van der Waals surface area (Å²) >= 11 is 0. The molecule has 1 atom stereocenters. The Hall–Kier alpha value is -2.08. The molecule has 0 heterocycles. The van der Waals surface area contributed by atoms with Gasteiger partial charge in [0.15, 0.2) is 12.1 Å². The Morgan fingerprint density at radius 2 is 2.00 bits per heavy atom. The maximum atomic E-state index is 11.9. The first-order valence-corrected chi connectivity index (χ1v) is 6.52. The Bertz CT molecular complexity index is 529. The van der Waals surface area contributed by atoms with Gasteiger partial charge in [-0.25, -0.2) is 4.79 Å². The molecule has 2 N–H and O–H groups in total. The molecule has 1 aromatic rings. The first-order valence-electron chi connectivity index (χ1n) is 6.52. The molecule has 0 saturated carbocycles. The summed E-state index contributed by atoms with van der Waals surface area (Å²) < 4.78 is 10.3. The number of nitrogens with one attached hydrogen (secondary N) is 1. The highest BCUT2D eigenvalue weighted by atomic mass is 16.5. The number of hydrogen-bond donors (Lipinski definition) is 2. The fraction of sp³-hybridized carbons (Fsp3) is 0.467. The van der Waals surface area contributed by atoms with Crippen LogP contribution in [0.4, 0.5) is 0 Å². The van der Waals surface area contributed by atoms with Gasteiger partial charge >= 0.3 is 5.97 Å². The quantitative estimate of drug-likeness (QED) is 0.791. The highest BCUT2D eigenvalue weighted by Gasteiger charge is 2.35. The number of aryl methyl sites for hydroxylation is 2. The highest BCUT2D eigenvalue weighted by molar-refractivity contribution is 5.87. The lowest BCUT2D eigenvalue weighted by atomic mass is 10.0. The molecule has 1 aromatic carbocycles. The molecule has 6 nitrogen and oxygen atoms in total. The Labute approximate surface area is 124 Å². The molecule has 0 aliphatic heterocycles. The van der Waals surface area contributed by atoms with Crippen LogP contribution >= 0.6 is 0 Å². The van der Waals surface area contributed by atoms with E-state index in [1.54, 1.807) is 0 Å². The van der Waals surface area contributed by atoms with Crippen molar-refractivity contribution in [3.8, 4) is 5.75 Å². The third kappa shape index (κ3) is 4.75. The summed E-state index contributed by atoms with van der Waals surface area (Å²) in [6.07, 6.45) is 0. The molecule has 0 fully saturated rings. The standard InChI is InChI=1S/C15H21NO5/c1-10-5-6-11(2)12(7-10)21-8-13(17)16-15(3,9-20-4)14(18)19/h5-7H,8-9H2,1-4H3,(H,16,17)(H,18,19). The number of carbonyl (C=O) groups excluding carboxylic acids is 1. The second-order valence-corrected chi connectivity index (χ2v) is 5.18. The van der Waals surface area contributed by atoms with Gasteiger partial charge in [-0.1, -0.05) is 12.1 Å². The molecule has 6 heteroatoms. The molecule has 1 unspecified atom stereocenters. The Morgan fingerprint density at radius 3 is 2.57 bits per heavy atom. The fourth-order valence-corrected chi connectivity index (χ4v) is 1.79. The minimum atomic E-state index is -1.48. The van der Waals surface area contributed by atoms with Crippen LogP contribution in [0.15, 0.2) is 18.2 Å². The number of aliphatic carboxylic acids is 1. The van der Waals surface area contributed by atoms with Crippen LogP contribution in [0.5, 0.6) is 5.75 Å². The van der Waals surface area contributed by atoms with Crippen molar-refractivity contribution in [3.05, 3.63) is 29.3 Å². The molecule has 0 spiro atoms. The minimum absolute atomic E-state index is 0.127. The molecule has 1 amide bonds. The van der Waals surface area contributed by atoms with E-state index >= 15 is 0 Å². The van der Waals surface area contributed by atoms with E-state index in [1.807, 2.05) is 32.0 Å². The number of rotatable bonds is 7. The highest BCUT2D eigenvalue weighted by Crippen LogP contribution is 2.18. The molecule has 0 aromatic heterocycles. The number of carbonyl (C=O) groups is 2. The van der Waals surface area contributed by atoms with Gasteiger partial charge in [-0.15, -0.1) is 0 Å². The van der Waals surface area contributed by atoms with Crippen molar-refractivity contribution in [2.24, 2.45) is 0 Å². The number of hydrogen-bond acceptors (Lipinski definition) is 4. The van der Waals surface area contributed by atoms with Crippen LogP contribution in [0.25, 0.3) is 0 Å². The second-order valence-electron chi connectivity index (χ2n) is 5.18. The molecule has 0 aliphatic rings. The van der Waals surface area contributed by atoms with Gasteiger partial charge in [0.25, 0.3) is 5.91 Å². The topological polar surface area (TPSA) is 84.9 Å². The lowest BCUT2D eigenvalue weighted by Crippen LogP contribution is -2.56. The molecule has 21 heavy (non-hydrogen) atoms. The van der Waals surface area contributed by atoms with Gasteiger partial charge in [0.1, 0.15) is 5.75 Å². The molecule has 1 rings (SSSR count). The summed E-state index contributed by atoms with van der Waals surface area (Å²) in [7, 11) is 1.37. The summed E-state index contributed by atoms with van der Waals surface area (Å²) in [5, 5.41) is 11.6. The normalized spacial score (nSPS) is 13.3. The third-order valence-electron chi connectivity index (χ3n) is 3.02. The van der Waals surface area contributed by atoms with Gasteiger partial charge in [-0.3, -0.25) is 4.79 Å². The molecular weight excluding hydrogens is 274 g/mol. The zero-order valence-electron chi connectivity index (χ0n) is 12.7. The predicted molar refractivity (Wildman–Crippen MR) is 77.5 cm³/mol. The van der Waals surface area contributed by atoms with Crippen LogP contribution in [0, 0.1) is 13.8 Å². The van der Waals surface area contributed by atoms with Crippen molar-refractivity contribution in [2.75, 3.05) is 20.3 Å². The molecule has 0 saturated heterocycles. The van der Waals surface area contributed by atoms with Crippen molar-refractivity contribution in [2.45, 2.75) is 26.3 Å². The van der Waals surface area contributed by atoms with Gasteiger partial charge < -0.3 is 19.9 Å². The second kappa shape index (κ2) is 7.08. The first kappa shape index (κ1) is 17.0. The SMILES string of the molecule is COCC(C)(NC(=O)COc1cc(C)ccc1C)C(=O)O. The molecular formula is C15H21NO5. The van der Waals surface area contributed by atoms with Gasteiger partial charge in [-0.2, -0.15) is 0 Å². The van der Waals surface area contributed by atoms with E-state index in [-0.39, 0.29) is 13.2 Å². The maximum Gasteiger partial charge on any atom is 0.331 e. The molecule has 0 aliphatic carbocycles. The van der Waals surface area contributed by atoms with Gasteiger partial charge in [0.2, 0.25) is 0 Å². The summed E-state index contributed by atoms with van der Waals surface area (Å²) in [6.45, 7) is 4.80. The van der Waals surface area contributed by atoms with E-state index in [1.165, 1.54) is 14.0 Å². The fourth-order valence-electron chi connectivity index (χ4n) is 1.79. The zero-order chi connectivity index (χ0) is 16.0. The van der Waals surface area contributed by atoms with Crippen molar-refractivity contribution >= 4 is 11.9 Å².